The van der Waals surface area contributed by atoms with Crippen molar-refractivity contribution in [2.24, 2.45) is 0 Å². The minimum atomic E-state index is 0.0621. The fourth-order valence-electron chi connectivity index (χ4n) is 4.60. The molecule has 0 spiro atoms. The van der Waals surface area contributed by atoms with Crippen LogP contribution in [0.15, 0.2) is 54.9 Å². The molecule has 4 aromatic rings. The van der Waals surface area contributed by atoms with E-state index in [0.717, 1.165) is 46.8 Å². The number of morpholine rings is 1. The highest BCUT2D eigenvalue weighted by atomic mass is 35.5. The quantitative estimate of drug-likeness (QED) is 0.324. The average molecular weight is 519 g/mol. The molecule has 37 heavy (non-hydrogen) atoms. The van der Waals surface area contributed by atoms with Gasteiger partial charge >= 0.3 is 0 Å². The number of fused-ring (bicyclic) bond motifs is 1. The van der Waals surface area contributed by atoms with Crippen LogP contribution >= 0.6 is 11.6 Å². The van der Waals surface area contributed by atoms with Crippen LogP contribution in [-0.2, 0) is 11.3 Å². The van der Waals surface area contributed by atoms with Crippen LogP contribution in [0, 0.1) is 0 Å². The molecule has 2 atom stereocenters. The van der Waals surface area contributed by atoms with E-state index in [2.05, 4.69) is 34.0 Å². The van der Waals surface area contributed by atoms with E-state index in [1.165, 1.54) is 0 Å². The second-order valence-corrected chi connectivity index (χ2v) is 10.1. The molecule has 1 aliphatic rings. The molecule has 0 aliphatic carbocycles. The summed E-state index contributed by atoms with van der Waals surface area (Å²) in [4.78, 5) is 21.1. The number of halogens is 1. The number of anilines is 2. The molecule has 2 unspecified atom stereocenters. The Bertz CT molecular complexity index is 1370. The van der Waals surface area contributed by atoms with E-state index in [0.29, 0.717) is 23.3 Å². The molecule has 0 amide bonds. The van der Waals surface area contributed by atoms with E-state index in [-0.39, 0.29) is 18.3 Å². The van der Waals surface area contributed by atoms with Gasteiger partial charge in [0, 0.05) is 36.3 Å². The highest BCUT2D eigenvalue weighted by Gasteiger charge is 2.23. The fourth-order valence-corrected chi connectivity index (χ4v) is 4.84. The lowest BCUT2D eigenvalue weighted by molar-refractivity contribution is -0.0710. The van der Waals surface area contributed by atoms with Crippen molar-refractivity contribution in [3.8, 4) is 17.1 Å². The second-order valence-electron chi connectivity index (χ2n) is 9.68. The Morgan fingerprint density at radius 2 is 1.89 bits per heavy atom. The molecule has 1 saturated heterocycles. The summed E-state index contributed by atoms with van der Waals surface area (Å²) in [5.41, 5.74) is 3.25. The zero-order valence-corrected chi connectivity index (χ0v) is 22.2. The first-order valence-electron chi connectivity index (χ1n) is 12.5. The summed E-state index contributed by atoms with van der Waals surface area (Å²) in [6.45, 7) is 10.4. The van der Waals surface area contributed by atoms with Crippen molar-refractivity contribution in [2.75, 3.05) is 18.4 Å². The number of aromatic nitrogens is 4. The summed E-state index contributed by atoms with van der Waals surface area (Å²) >= 11 is 6.44. The first-order valence-corrected chi connectivity index (χ1v) is 12.9. The van der Waals surface area contributed by atoms with E-state index in [9.17, 15) is 0 Å². The number of rotatable bonds is 7. The fraction of sp³-hybridized carbons (Fsp3) is 0.357. The normalized spacial score (nSPS) is 18.3. The van der Waals surface area contributed by atoms with Crippen molar-refractivity contribution in [3.05, 3.63) is 65.7 Å². The zero-order chi connectivity index (χ0) is 25.9. The minimum absolute atomic E-state index is 0.0621. The largest absolute Gasteiger partial charge is 0.475 e. The van der Waals surface area contributed by atoms with Gasteiger partial charge in [-0.15, -0.1) is 0 Å². The van der Waals surface area contributed by atoms with Crippen molar-refractivity contribution < 1.29 is 9.47 Å². The predicted octanol–water partition coefficient (Wildman–Crippen LogP) is 5.88. The molecule has 4 heterocycles. The van der Waals surface area contributed by atoms with Gasteiger partial charge in [0.05, 0.1) is 53.0 Å². The summed E-state index contributed by atoms with van der Waals surface area (Å²) < 4.78 is 11.6. The van der Waals surface area contributed by atoms with Gasteiger partial charge in [0.1, 0.15) is 11.6 Å². The van der Waals surface area contributed by atoms with E-state index in [1.807, 2.05) is 56.3 Å². The molecular formula is C28H31ClN6O2. The van der Waals surface area contributed by atoms with Gasteiger partial charge < -0.3 is 14.8 Å². The van der Waals surface area contributed by atoms with Gasteiger partial charge in [0.25, 0.3) is 0 Å². The van der Waals surface area contributed by atoms with E-state index in [4.69, 9.17) is 31.0 Å². The van der Waals surface area contributed by atoms with Gasteiger partial charge in [-0.05, 0) is 58.0 Å². The van der Waals surface area contributed by atoms with Gasteiger partial charge in [0.15, 0.2) is 0 Å². The standard InChI is InChI=1S/C28H31ClN6O2/c1-17(2)36-26-10-8-21(13-31-26)32-28-22-9-7-20(27-23(29)6-5-11-30-27)12-24(22)33-25(34-28)16-35-14-18(3)37-19(4)15-35/h5-13,17-19H,14-16H2,1-4H3,(H,32,33,34). The molecule has 3 aromatic heterocycles. The lowest BCUT2D eigenvalue weighted by Crippen LogP contribution is -2.45. The first-order chi connectivity index (χ1) is 17.8. The van der Waals surface area contributed by atoms with Crippen LogP contribution in [0.2, 0.25) is 5.02 Å². The monoisotopic (exact) mass is 518 g/mol. The number of pyridine rings is 2. The van der Waals surface area contributed by atoms with Crippen LogP contribution < -0.4 is 10.1 Å². The third-order valence-electron chi connectivity index (χ3n) is 5.99. The van der Waals surface area contributed by atoms with Crippen LogP contribution in [0.5, 0.6) is 5.88 Å². The lowest BCUT2D eigenvalue weighted by Gasteiger charge is -2.34. The molecule has 1 fully saturated rings. The van der Waals surface area contributed by atoms with Crippen LogP contribution in [-0.4, -0.2) is 56.2 Å². The van der Waals surface area contributed by atoms with E-state index < -0.39 is 0 Å². The number of benzene rings is 1. The number of nitrogens with one attached hydrogen (secondary N) is 1. The Morgan fingerprint density at radius 1 is 1.08 bits per heavy atom. The predicted molar refractivity (Wildman–Crippen MR) is 146 cm³/mol. The van der Waals surface area contributed by atoms with Crippen molar-refractivity contribution in [1.82, 2.24) is 24.8 Å². The minimum Gasteiger partial charge on any atom is -0.475 e. The van der Waals surface area contributed by atoms with Gasteiger partial charge in [-0.3, -0.25) is 9.88 Å². The Kier molecular flexibility index (Phi) is 7.50. The maximum Gasteiger partial charge on any atom is 0.213 e. The molecule has 1 N–H and O–H groups in total. The summed E-state index contributed by atoms with van der Waals surface area (Å²) in [5.74, 6) is 2.03. The SMILES string of the molecule is CC(C)Oc1ccc(Nc2nc(CN3CC(C)OC(C)C3)nc3cc(-c4ncccc4Cl)ccc23)cn1. The van der Waals surface area contributed by atoms with E-state index >= 15 is 0 Å². The highest BCUT2D eigenvalue weighted by molar-refractivity contribution is 6.33. The zero-order valence-electron chi connectivity index (χ0n) is 21.5. The topological polar surface area (TPSA) is 85.3 Å². The third-order valence-corrected chi connectivity index (χ3v) is 6.30. The maximum atomic E-state index is 6.44. The van der Waals surface area contributed by atoms with Crippen molar-refractivity contribution in [2.45, 2.75) is 52.6 Å². The van der Waals surface area contributed by atoms with Gasteiger partial charge in [-0.1, -0.05) is 17.7 Å². The Balaban J connectivity index is 1.52. The number of hydrogen-bond acceptors (Lipinski definition) is 8. The van der Waals surface area contributed by atoms with Crippen molar-refractivity contribution in [3.63, 3.8) is 0 Å². The molecule has 192 valence electrons. The van der Waals surface area contributed by atoms with Crippen LogP contribution in [0.25, 0.3) is 22.2 Å². The number of hydrogen-bond donors (Lipinski definition) is 1. The smallest absolute Gasteiger partial charge is 0.213 e. The molecule has 0 bridgehead atoms. The summed E-state index contributed by atoms with van der Waals surface area (Å²) in [5, 5.41) is 4.93. The molecule has 5 rings (SSSR count). The maximum absolute atomic E-state index is 6.44. The highest BCUT2D eigenvalue weighted by Crippen LogP contribution is 2.31. The summed E-state index contributed by atoms with van der Waals surface area (Å²) in [7, 11) is 0. The van der Waals surface area contributed by atoms with Gasteiger partial charge in [0.2, 0.25) is 5.88 Å². The molecule has 9 heteroatoms. The van der Waals surface area contributed by atoms with Gasteiger partial charge in [-0.25, -0.2) is 15.0 Å². The number of nitrogens with zero attached hydrogens (tertiary/aromatic N) is 5. The van der Waals surface area contributed by atoms with Crippen LogP contribution in [0.1, 0.15) is 33.5 Å². The molecule has 8 nitrogen and oxygen atoms in total. The van der Waals surface area contributed by atoms with Crippen molar-refractivity contribution >= 4 is 34.0 Å². The van der Waals surface area contributed by atoms with Crippen molar-refractivity contribution in [1.29, 1.82) is 0 Å². The Labute approximate surface area is 222 Å². The molecule has 1 aromatic carbocycles. The van der Waals surface area contributed by atoms with E-state index in [1.54, 1.807) is 12.4 Å². The lowest BCUT2D eigenvalue weighted by atomic mass is 10.1. The summed E-state index contributed by atoms with van der Waals surface area (Å²) in [6, 6.07) is 13.5. The molecule has 1 aliphatic heterocycles. The third kappa shape index (κ3) is 6.15. The van der Waals surface area contributed by atoms with Crippen LogP contribution in [0.4, 0.5) is 11.5 Å². The van der Waals surface area contributed by atoms with Crippen LogP contribution in [0.3, 0.4) is 0 Å². The van der Waals surface area contributed by atoms with Gasteiger partial charge in [-0.2, -0.15) is 0 Å². The number of ether oxygens (including phenoxy) is 2. The second kappa shape index (κ2) is 11.0. The summed E-state index contributed by atoms with van der Waals surface area (Å²) in [6.07, 6.45) is 3.88. The molecule has 0 radical (unpaired) electrons. The Morgan fingerprint density at radius 3 is 2.59 bits per heavy atom. The average Bonchev–Trinajstić information content (AvgIpc) is 2.84. The molecule has 0 saturated carbocycles. The Hall–Kier alpha value is -3.33. The first kappa shape index (κ1) is 25.3. The molecular weight excluding hydrogens is 488 g/mol.